The summed E-state index contributed by atoms with van der Waals surface area (Å²) in [5, 5.41) is 8.60. The number of nitrogens with zero attached hydrogens (tertiary/aromatic N) is 4. The monoisotopic (exact) mass is 172 g/mol. The summed E-state index contributed by atoms with van der Waals surface area (Å²) in [6, 6.07) is 3.73. The van der Waals surface area contributed by atoms with E-state index in [1.807, 2.05) is 12.1 Å². The highest BCUT2D eigenvalue weighted by molar-refractivity contribution is 5.42. The van der Waals surface area contributed by atoms with E-state index in [9.17, 15) is 0 Å². The molecule has 1 aliphatic heterocycles. The van der Waals surface area contributed by atoms with Crippen molar-refractivity contribution in [2.75, 3.05) is 18.0 Å². The van der Waals surface area contributed by atoms with Gasteiger partial charge in [-0.1, -0.05) is 12.2 Å². The SMILES string of the molecule is N#Cc1nccc(N2CC=CC2)n1. The van der Waals surface area contributed by atoms with Crippen LogP contribution in [-0.2, 0) is 0 Å². The molecule has 1 aromatic rings. The minimum absolute atomic E-state index is 0.226. The minimum atomic E-state index is 0.226. The third-order valence-corrected chi connectivity index (χ3v) is 1.88. The number of aromatic nitrogens is 2. The number of hydrogen-bond acceptors (Lipinski definition) is 4. The second-order valence-corrected chi connectivity index (χ2v) is 2.73. The fraction of sp³-hybridized carbons (Fsp3) is 0.222. The van der Waals surface area contributed by atoms with Gasteiger partial charge in [0, 0.05) is 19.3 Å². The molecule has 1 aliphatic rings. The number of rotatable bonds is 1. The van der Waals surface area contributed by atoms with Crippen LogP contribution in [0.1, 0.15) is 5.82 Å². The molecule has 4 nitrogen and oxygen atoms in total. The number of nitriles is 1. The second kappa shape index (κ2) is 3.23. The normalized spacial score (nSPS) is 14.5. The van der Waals surface area contributed by atoms with Crippen LogP contribution in [0.5, 0.6) is 0 Å². The lowest BCUT2D eigenvalue weighted by Gasteiger charge is -2.15. The molecular formula is C9H8N4. The highest BCUT2D eigenvalue weighted by Crippen LogP contribution is 2.12. The van der Waals surface area contributed by atoms with Crippen molar-refractivity contribution in [3.05, 3.63) is 30.2 Å². The van der Waals surface area contributed by atoms with Gasteiger partial charge in [0.15, 0.2) is 0 Å². The Bertz CT molecular complexity index is 369. The molecule has 0 aromatic carbocycles. The smallest absolute Gasteiger partial charge is 0.234 e. The van der Waals surface area contributed by atoms with E-state index in [0.717, 1.165) is 18.9 Å². The summed E-state index contributed by atoms with van der Waals surface area (Å²) >= 11 is 0. The fourth-order valence-electron chi connectivity index (χ4n) is 1.24. The Morgan fingerprint density at radius 2 is 2.15 bits per heavy atom. The summed E-state index contributed by atoms with van der Waals surface area (Å²) in [5.74, 6) is 1.04. The first-order chi connectivity index (χ1) is 6.40. The van der Waals surface area contributed by atoms with Crippen LogP contribution in [0.3, 0.4) is 0 Å². The van der Waals surface area contributed by atoms with Crippen LogP contribution < -0.4 is 4.90 Å². The average Bonchev–Trinajstić information content (AvgIpc) is 2.71. The van der Waals surface area contributed by atoms with E-state index in [1.54, 1.807) is 6.20 Å². The molecule has 0 amide bonds. The zero-order chi connectivity index (χ0) is 9.10. The van der Waals surface area contributed by atoms with Gasteiger partial charge in [0.1, 0.15) is 11.9 Å². The molecule has 0 atom stereocenters. The maximum atomic E-state index is 8.60. The molecule has 0 saturated heterocycles. The lowest BCUT2D eigenvalue weighted by molar-refractivity contribution is 0.947. The van der Waals surface area contributed by atoms with Gasteiger partial charge in [-0.15, -0.1) is 0 Å². The van der Waals surface area contributed by atoms with Crippen LogP contribution in [0, 0.1) is 11.3 Å². The Balaban J connectivity index is 2.26. The summed E-state index contributed by atoms with van der Waals surface area (Å²) in [5.41, 5.74) is 0. The summed E-state index contributed by atoms with van der Waals surface area (Å²) in [7, 11) is 0. The van der Waals surface area contributed by atoms with Gasteiger partial charge >= 0.3 is 0 Å². The molecule has 0 N–H and O–H groups in total. The van der Waals surface area contributed by atoms with Gasteiger partial charge in [0.2, 0.25) is 5.82 Å². The number of anilines is 1. The highest BCUT2D eigenvalue weighted by atomic mass is 15.2. The van der Waals surface area contributed by atoms with Crippen molar-refractivity contribution in [2.45, 2.75) is 0 Å². The Labute approximate surface area is 76.2 Å². The van der Waals surface area contributed by atoms with Gasteiger partial charge in [-0.2, -0.15) is 5.26 Å². The van der Waals surface area contributed by atoms with E-state index >= 15 is 0 Å². The van der Waals surface area contributed by atoms with Crippen molar-refractivity contribution < 1.29 is 0 Å². The van der Waals surface area contributed by atoms with Gasteiger partial charge in [-0.05, 0) is 6.07 Å². The zero-order valence-electron chi connectivity index (χ0n) is 7.01. The fourth-order valence-corrected chi connectivity index (χ4v) is 1.24. The van der Waals surface area contributed by atoms with Crippen molar-refractivity contribution in [1.29, 1.82) is 5.26 Å². The summed E-state index contributed by atoms with van der Waals surface area (Å²) in [6.07, 6.45) is 5.77. The van der Waals surface area contributed by atoms with Crippen molar-refractivity contribution in [1.82, 2.24) is 9.97 Å². The van der Waals surface area contributed by atoms with Crippen molar-refractivity contribution in [3.8, 4) is 6.07 Å². The van der Waals surface area contributed by atoms with Crippen LogP contribution >= 0.6 is 0 Å². The largest absolute Gasteiger partial charge is 0.349 e. The van der Waals surface area contributed by atoms with Crippen LogP contribution in [-0.4, -0.2) is 23.1 Å². The molecular weight excluding hydrogens is 164 g/mol. The molecule has 0 unspecified atom stereocenters. The van der Waals surface area contributed by atoms with Gasteiger partial charge in [-0.25, -0.2) is 9.97 Å². The number of hydrogen-bond donors (Lipinski definition) is 0. The molecule has 0 spiro atoms. The van der Waals surface area contributed by atoms with Crippen LogP contribution in [0.25, 0.3) is 0 Å². The predicted molar refractivity (Wildman–Crippen MR) is 48.1 cm³/mol. The maximum absolute atomic E-state index is 8.60. The summed E-state index contributed by atoms with van der Waals surface area (Å²) < 4.78 is 0. The van der Waals surface area contributed by atoms with Crippen molar-refractivity contribution >= 4 is 5.82 Å². The van der Waals surface area contributed by atoms with E-state index < -0.39 is 0 Å². The van der Waals surface area contributed by atoms with E-state index in [-0.39, 0.29) is 5.82 Å². The molecule has 2 heterocycles. The van der Waals surface area contributed by atoms with Gasteiger partial charge in [0.25, 0.3) is 0 Å². The summed E-state index contributed by atoms with van der Waals surface area (Å²) in [4.78, 5) is 9.97. The molecule has 0 aliphatic carbocycles. The molecule has 64 valence electrons. The molecule has 2 rings (SSSR count). The third-order valence-electron chi connectivity index (χ3n) is 1.88. The molecule has 0 radical (unpaired) electrons. The van der Waals surface area contributed by atoms with Crippen LogP contribution in [0.4, 0.5) is 5.82 Å². The first-order valence-electron chi connectivity index (χ1n) is 4.03. The first-order valence-corrected chi connectivity index (χ1v) is 4.03. The predicted octanol–water partition coefficient (Wildman–Crippen LogP) is 0.724. The van der Waals surface area contributed by atoms with Crippen molar-refractivity contribution in [2.24, 2.45) is 0 Å². The van der Waals surface area contributed by atoms with Gasteiger partial charge in [0.05, 0.1) is 0 Å². The van der Waals surface area contributed by atoms with Gasteiger partial charge < -0.3 is 4.90 Å². The van der Waals surface area contributed by atoms with E-state index in [1.165, 1.54) is 0 Å². The average molecular weight is 172 g/mol. The van der Waals surface area contributed by atoms with E-state index in [4.69, 9.17) is 5.26 Å². The van der Waals surface area contributed by atoms with Crippen molar-refractivity contribution in [3.63, 3.8) is 0 Å². The Hall–Kier alpha value is -1.89. The van der Waals surface area contributed by atoms with E-state index in [2.05, 4.69) is 27.0 Å². The zero-order valence-corrected chi connectivity index (χ0v) is 7.01. The summed E-state index contributed by atoms with van der Waals surface area (Å²) in [6.45, 7) is 1.73. The van der Waals surface area contributed by atoms with Gasteiger partial charge in [-0.3, -0.25) is 0 Å². The topological polar surface area (TPSA) is 52.8 Å². The standard InChI is InChI=1S/C9H8N4/c10-7-8-11-4-3-9(12-8)13-5-1-2-6-13/h1-4H,5-6H2. The Kier molecular flexibility index (Phi) is 1.93. The Morgan fingerprint density at radius 3 is 2.85 bits per heavy atom. The Morgan fingerprint density at radius 1 is 1.38 bits per heavy atom. The quantitative estimate of drug-likeness (QED) is 0.586. The lowest BCUT2D eigenvalue weighted by atomic mass is 10.5. The van der Waals surface area contributed by atoms with Crippen LogP contribution in [0.15, 0.2) is 24.4 Å². The molecule has 0 bridgehead atoms. The molecule has 4 heteroatoms. The lowest BCUT2D eigenvalue weighted by Crippen LogP contribution is -2.20. The molecule has 1 aromatic heterocycles. The molecule has 0 fully saturated rings. The van der Waals surface area contributed by atoms with Crippen LogP contribution in [0.2, 0.25) is 0 Å². The first kappa shape index (κ1) is 7.74. The highest BCUT2D eigenvalue weighted by Gasteiger charge is 2.09. The second-order valence-electron chi connectivity index (χ2n) is 2.73. The third kappa shape index (κ3) is 1.49. The molecule has 0 saturated carbocycles. The minimum Gasteiger partial charge on any atom is -0.349 e. The van der Waals surface area contributed by atoms with E-state index in [0.29, 0.717) is 0 Å². The maximum Gasteiger partial charge on any atom is 0.234 e. The molecule has 13 heavy (non-hydrogen) atoms.